The molecule has 0 aliphatic carbocycles. The second kappa shape index (κ2) is 8.90. The van der Waals surface area contributed by atoms with Gasteiger partial charge in [0.25, 0.3) is 0 Å². The number of phosphoric ester groups is 1. The Balaban J connectivity index is 2.18. The van der Waals surface area contributed by atoms with E-state index in [2.05, 4.69) is 24.7 Å². The average Bonchev–Trinajstić information content (AvgIpc) is 2.82. The first-order valence-corrected chi connectivity index (χ1v) is 12.3. The number of nitrogen functional groups attached to an aromatic ring is 1. The molecule has 1 aromatic rings. The van der Waals surface area contributed by atoms with Gasteiger partial charge < -0.3 is 35.2 Å². The third kappa shape index (κ3) is 6.35. The van der Waals surface area contributed by atoms with E-state index in [1.54, 1.807) is 0 Å². The van der Waals surface area contributed by atoms with Crippen LogP contribution in [0.3, 0.4) is 0 Å². The third-order valence-electron chi connectivity index (χ3n) is 3.72. The number of aliphatic hydroxyl groups excluding tert-OH is 1. The van der Waals surface area contributed by atoms with Crippen molar-refractivity contribution < 1.29 is 60.6 Å². The van der Waals surface area contributed by atoms with Gasteiger partial charge in [-0.3, -0.25) is 9.09 Å². The van der Waals surface area contributed by atoms with Crippen LogP contribution in [0.25, 0.3) is 0 Å². The molecule has 7 N–H and O–H groups in total. The van der Waals surface area contributed by atoms with E-state index in [4.69, 9.17) is 25.2 Å². The minimum absolute atomic E-state index is 0.188. The molecule has 2 rings (SSSR count). The van der Waals surface area contributed by atoms with Crippen LogP contribution in [0, 0.1) is 0 Å². The number of ether oxygens (including phenoxy) is 1. The summed E-state index contributed by atoms with van der Waals surface area (Å²) in [5.74, 6) is -0.188. The summed E-state index contributed by atoms with van der Waals surface area (Å²) in [6.07, 6.45) is -4.15. The van der Waals surface area contributed by atoms with Gasteiger partial charge in [-0.05, 0) is 12.1 Å². The first-order chi connectivity index (χ1) is 14.0. The van der Waals surface area contributed by atoms with Gasteiger partial charge in [-0.1, -0.05) is 6.58 Å². The maximum Gasteiger partial charge on any atom is 0.490 e. The van der Waals surface area contributed by atoms with E-state index in [9.17, 15) is 28.5 Å². The van der Waals surface area contributed by atoms with Crippen LogP contribution in [-0.4, -0.2) is 58.7 Å². The van der Waals surface area contributed by atoms with Crippen molar-refractivity contribution in [3.05, 3.63) is 35.4 Å². The number of anilines is 1. The molecule has 1 aliphatic rings. The van der Waals surface area contributed by atoms with E-state index < -0.39 is 59.9 Å². The van der Waals surface area contributed by atoms with Crippen LogP contribution in [0.4, 0.5) is 10.2 Å². The fourth-order valence-corrected chi connectivity index (χ4v) is 5.51. The summed E-state index contributed by atoms with van der Waals surface area (Å²) in [5.41, 5.74) is 1.45. The molecule has 0 saturated carbocycles. The molecule has 1 aliphatic heterocycles. The summed E-state index contributed by atoms with van der Waals surface area (Å²) in [6, 6.07) is 1.13. The lowest BCUT2D eigenvalue weighted by molar-refractivity contribution is -0.0546. The Morgan fingerprint density at radius 3 is 2.42 bits per heavy atom. The van der Waals surface area contributed by atoms with E-state index in [1.165, 1.54) is 0 Å². The predicted molar refractivity (Wildman–Crippen MR) is 96.7 cm³/mol. The van der Waals surface area contributed by atoms with Crippen LogP contribution in [0.5, 0.6) is 0 Å². The molecule has 0 spiro atoms. The summed E-state index contributed by atoms with van der Waals surface area (Å²) in [4.78, 5) is 50.8. The summed E-state index contributed by atoms with van der Waals surface area (Å²) in [5, 5.41) is 10.2. The van der Waals surface area contributed by atoms with Crippen LogP contribution in [-0.2, 0) is 31.6 Å². The fourth-order valence-electron chi connectivity index (χ4n) is 2.48. The first-order valence-electron chi connectivity index (χ1n) is 7.79. The van der Waals surface area contributed by atoms with Crippen molar-refractivity contribution >= 4 is 29.3 Å². The van der Waals surface area contributed by atoms with Gasteiger partial charge >= 0.3 is 29.2 Å². The summed E-state index contributed by atoms with van der Waals surface area (Å²) in [6.45, 7) is 2.05. The van der Waals surface area contributed by atoms with Gasteiger partial charge in [0.05, 0.1) is 6.61 Å². The molecule has 20 heteroatoms. The van der Waals surface area contributed by atoms with Crippen LogP contribution < -0.4 is 11.4 Å². The molecular weight excluding hydrogens is 494 g/mol. The lowest BCUT2D eigenvalue weighted by atomic mass is 9.96. The molecule has 0 amide bonds. The molecule has 3 unspecified atom stereocenters. The summed E-state index contributed by atoms with van der Waals surface area (Å²) in [7, 11) is -16.9. The molecule has 1 saturated heterocycles. The molecule has 176 valence electrons. The standard InChI is InChI=1S/C11H17FN3O13P3/c1-2-11(12)8(16)6(26-9(11)15-4-3-7(13)14-10(15)17)5-25-30(21,22)28-31(23,24)27-29(18,19)20/h2-4,6,8-9,16H,1,5H2,(H,21,22)(H,23,24)(H2,13,14,17)(H2,18,19,20)/t6-,8+,9-,11?/m1/s1. The molecular formula is C11H17FN3O13P3. The van der Waals surface area contributed by atoms with Gasteiger partial charge in [0.1, 0.15) is 18.0 Å². The SMILES string of the molecule is C=CC1(F)[C@@H](O)[C@@H](COP(=O)(O)OP(=O)(O)OP(=O)(O)O)O[C@H]1n1ccc(N)nc1=O. The van der Waals surface area contributed by atoms with Crippen molar-refractivity contribution in [1.29, 1.82) is 0 Å². The molecule has 31 heavy (non-hydrogen) atoms. The predicted octanol–water partition coefficient (Wildman–Crippen LogP) is -0.679. The largest absolute Gasteiger partial charge is 0.490 e. The minimum atomic E-state index is -5.78. The number of aliphatic hydroxyl groups is 1. The smallest absolute Gasteiger partial charge is 0.386 e. The highest BCUT2D eigenvalue weighted by molar-refractivity contribution is 7.66. The highest BCUT2D eigenvalue weighted by Gasteiger charge is 2.57. The lowest BCUT2D eigenvalue weighted by Gasteiger charge is -2.25. The average molecular weight is 511 g/mol. The normalized spacial score (nSPS) is 30.5. The second-order valence-corrected chi connectivity index (χ2v) is 10.4. The minimum Gasteiger partial charge on any atom is -0.386 e. The Hall–Kier alpha value is -1.32. The Labute approximate surface area is 172 Å². The highest BCUT2D eigenvalue weighted by Crippen LogP contribution is 2.66. The zero-order valence-corrected chi connectivity index (χ0v) is 17.8. The Bertz CT molecular complexity index is 1050. The van der Waals surface area contributed by atoms with Gasteiger partial charge in [0.2, 0.25) is 5.67 Å². The number of nitrogens with zero attached hydrogens (tertiary/aromatic N) is 2. The Kier molecular flexibility index (Phi) is 7.45. The molecule has 0 radical (unpaired) electrons. The molecule has 16 nitrogen and oxygen atoms in total. The maximum atomic E-state index is 15.3. The molecule has 2 heterocycles. The summed E-state index contributed by atoms with van der Waals surface area (Å²) >= 11 is 0. The molecule has 0 bridgehead atoms. The maximum absolute atomic E-state index is 15.3. The Morgan fingerprint density at radius 2 is 1.90 bits per heavy atom. The van der Waals surface area contributed by atoms with E-state index in [0.29, 0.717) is 10.6 Å². The van der Waals surface area contributed by atoms with Crippen LogP contribution >= 0.6 is 23.5 Å². The second-order valence-electron chi connectivity index (χ2n) is 5.93. The van der Waals surface area contributed by atoms with Crippen molar-refractivity contribution in [3.63, 3.8) is 0 Å². The number of aromatic nitrogens is 2. The van der Waals surface area contributed by atoms with Gasteiger partial charge in [-0.15, -0.1) is 0 Å². The van der Waals surface area contributed by atoms with Gasteiger partial charge in [-0.25, -0.2) is 22.9 Å². The van der Waals surface area contributed by atoms with Crippen molar-refractivity contribution in [3.8, 4) is 0 Å². The van der Waals surface area contributed by atoms with Crippen molar-refractivity contribution in [2.24, 2.45) is 0 Å². The number of phosphoric acid groups is 3. The number of hydrogen-bond donors (Lipinski definition) is 6. The van der Waals surface area contributed by atoms with Crippen LogP contribution in [0.1, 0.15) is 6.23 Å². The van der Waals surface area contributed by atoms with Gasteiger partial charge in [0, 0.05) is 6.20 Å². The molecule has 1 aromatic heterocycles. The van der Waals surface area contributed by atoms with E-state index in [-0.39, 0.29) is 5.82 Å². The number of rotatable bonds is 9. The van der Waals surface area contributed by atoms with E-state index in [1.807, 2.05) is 0 Å². The first kappa shape index (κ1) is 25.9. The number of hydrogen-bond acceptors (Lipinski definition) is 11. The van der Waals surface area contributed by atoms with Crippen molar-refractivity contribution in [1.82, 2.24) is 9.55 Å². The molecule has 6 atom stereocenters. The third-order valence-corrected chi connectivity index (χ3v) is 7.53. The fraction of sp³-hybridized carbons (Fsp3) is 0.455. The lowest BCUT2D eigenvalue weighted by Crippen LogP contribution is -2.43. The zero-order valence-electron chi connectivity index (χ0n) is 15.1. The van der Waals surface area contributed by atoms with E-state index >= 15 is 4.39 Å². The molecule has 1 fully saturated rings. The quantitative estimate of drug-likeness (QED) is 0.177. The van der Waals surface area contributed by atoms with Crippen LogP contribution in [0.15, 0.2) is 29.7 Å². The summed E-state index contributed by atoms with van der Waals surface area (Å²) < 4.78 is 66.1. The van der Waals surface area contributed by atoms with Crippen molar-refractivity contribution in [2.45, 2.75) is 24.1 Å². The van der Waals surface area contributed by atoms with Gasteiger partial charge in [0.15, 0.2) is 6.23 Å². The number of nitrogens with two attached hydrogens (primary N) is 1. The highest BCUT2D eigenvalue weighted by atomic mass is 31.3. The van der Waals surface area contributed by atoms with Crippen LogP contribution in [0.2, 0.25) is 0 Å². The zero-order chi connectivity index (χ0) is 23.8. The van der Waals surface area contributed by atoms with Crippen molar-refractivity contribution in [2.75, 3.05) is 12.3 Å². The monoisotopic (exact) mass is 511 g/mol. The van der Waals surface area contributed by atoms with E-state index in [0.717, 1.165) is 12.3 Å². The Morgan fingerprint density at radius 1 is 1.29 bits per heavy atom. The van der Waals surface area contributed by atoms with Gasteiger partial charge in [-0.2, -0.15) is 13.6 Å². The topological polar surface area (TPSA) is 250 Å². The number of halogens is 1. The molecule has 0 aromatic carbocycles. The number of alkyl halides is 1.